The highest BCUT2D eigenvalue weighted by Crippen LogP contribution is 2.23. The Morgan fingerprint density at radius 2 is 1.00 bits per heavy atom. The van der Waals surface area contributed by atoms with E-state index in [1.807, 2.05) is 72.8 Å². The van der Waals surface area contributed by atoms with Crippen LogP contribution in [0.15, 0.2) is 127 Å². The lowest BCUT2D eigenvalue weighted by Gasteiger charge is -2.32. The van der Waals surface area contributed by atoms with Crippen molar-refractivity contribution in [2.75, 3.05) is 5.33 Å². The van der Waals surface area contributed by atoms with Gasteiger partial charge >= 0.3 is 0 Å². The summed E-state index contributed by atoms with van der Waals surface area (Å²) in [6.45, 7) is 1.47. The molecule has 0 saturated heterocycles. The normalized spacial score (nSPS) is 13.8. The summed E-state index contributed by atoms with van der Waals surface area (Å²) in [5, 5.41) is 0.797. The maximum Gasteiger partial charge on any atom is 0.114 e. The Labute approximate surface area is 235 Å². The predicted octanol–water partition coefficient (Wildman–Crippen LogP) is 8.24. The van der Waals surface area contributed by atoms with Crippen LogP contribution in [0.5, 0.6) is 0 Å². The fourth-order valence-corrected chi connectivity index (χ4v) is 4.66. The topological polar surface area (TPSA) is 27.7 Å². The van der Waals surface area contributed by atoms with Crippen molar-refractivity contribution < 1.29 is 14.2 Å². The van der Waals surface area contributed by atoms with E-state index in [4.69, 9.17) is 14.2 Å². The highest BCUT2D eigenvalue weighted by Gasteiger charge is 2.31. The Hall–Kier alpha value is -3.02. The zero-order chi connectivity index (χ0) is 26.3. The van der Waals surface area contributed by atoms with Crippen LogP contribution in [0.1, 0.15) is 28.7 Å². The summed E-state index contributed by atoms with van der Waals surface area (Å²) in [4.78, 5) is 0. The Balaban J connectivity index is 1.60. The zero-order valence-electron chi connectivity index (χ0n) is 21.6. The summed E-state index contributed by atoms with van der Waals surface area (Å²) < 4.78 is 19.8. The van der Waals surface area contributed by atoms with Gasteiger partial charge in [-0.25, -0.2) is 0 Å². The molecule has 4 aromatic rings. The second kappa shape index (κ2) is 16.1. The predicted molar refractivity (Wildman–Crippen MR) is 159 cm³/mol. The molecule has 196 valence electrons. The molecule has 0 unspecified atom stereocenters. The third-order valence-corrected chi connectivity index (χ3v) is 6.70. The van der Waals surface area contributed by atoms with Crippen molar-refractivity contribution in [2.24, 2.45) is 0 Å². The number of halogens is 1. The molecule has 0 heterocycles. The zero-order valence-corrected chi connectivity index (χ0v) is 23.2. The molecular formula is C34H35BrO3. The van der Waals surface area contributed by atoms with Crippen LogP contribution >= 0.6 is 15.9 Å². The van der Waals surface area contributed by atoms with Gasteiger partial charge in [0, 0.05) is 5.33 Å². The van der Waals surface area contributed by atoms with Gasteiger partial charge in [-0.2, -0.15) is 0 Å². The van der Waals surface area contributed by atoms with E-state index in [1.54, 1.807) is 0 Å². The second-order valence-electron chi connectivity index (χ2n) is 9.10. The average Bonchev–Trinajstić information content (AvgIpc) is 2.99. The van der Waals surface area contributed by atoms with Crippen molar-refractivity contribution in [3.05, 3.63) is 150 Å². The standard InChI is InChI=1S/C34H35BrO3/c35-24-23-33(37-26-30-17-9-3-10-18-30)34(38-27-31-19-11-4-12-20-31)32(22-21-28-13-5-1-6-14-28)36-25-29-15-7-2-8-16-29/h1-22,32-34H,23-27H2/b22-21+/t32-,33-,34-/m1/s1. The third kappa shape index (κ3) is 9.38. The number of hydrogen-bond donors (Lipinski definition) is 0. The van der Waals surface area contributed by atoms with E-state index in [2.05, 4.69) is 76.6 Å². The van der Waals surface area contributed by atoms with Crippen molar-refractivity contribution in [2.45, 2.75) is 44.6 Å². The highest BCUT2D eigenvalue weighted by molar-refractivity contribution is 9.09. The molecule has 0 bridgehead atoms. The van der Waals surface area contributed by atoms with Crippen molar-refractivity contribution in [3.63, 3.8) is 0 Å². The van der Waals surface area contributed by atoms with Crippen molar-refractivity contribution >= 4 is 22.0 Å². The first kappa shape index (κ1) is 28.0. The van der Waals surface area contributed by atoms with Gasteiger partial charge in [0.05, 0.1) is 25.9 Å². The summed E-state index contributed by atoms with van der Waals surface area (Å²) in [7, 11) is 0. The quantitative estimate of drug-likeness (QED) is 0.135. The van der Waals surface area contributed by atoms with E-state index in [0.29, 0.717) is 19.8 Å². The average molecular weight is 572 g/mol. The van der Waals surface area contributed by atoms with E-state index in [1.165, 1.54) is 0 Å². The maximum absolute atomic E-state index is 6.65. The minimum atomic E-state index is -0.320. The van der Waals surface area contributed by atoms with Gasteiger partial charge in [-0.15, -0.1) is 0 Å². The molecule has 0 radical (unpaired) electrons. The molecule has 4 rings (SSSR count). The lowest BCUT2D eigenvalue weighted by Crippen LogP contribution is -2.42. The van der Waals surface area contributed by atoms with Crippen LogP contribution < -0.4 is 0 Å². The largest absolute Gasteiger partial charge is 0.371 e. The first-order chi connectivity index (χ1) is 18.8. The monoisotopic (exact) mass is 570 g/mol. The molecule has 0 saturated carbocycles. The fraction of sp³-hybridized carbons (Fsp3) is 0.235. The number of hydrogen-bond acceptors (Lipinski definition) is 3. The van der Waals surface area contributed by atoms with Crippen LogP contribution in [0.2, 0.25) is 0 Å². The van der Waals surface area contributed by atoms with Gasteiger partial charge < -0.3 is 14.2 Å². The van der Waals surface area contributed by atoms with Crippen LogP contribution in [-0.4, -0.2) is 23.6 Å². The van der Waals surface area contributed by atoms with Crippen LogP contribution in [0.3, 0.4) is 0 Å². The summed E-state index contributed by atoms with van der Waals surface area (Å²) in [6.07, 6.45) is 4.19. The van der Waals surface area contributed by atoms with Gasteiger partial charge in [0.25, 0.3) is 0 Å². The van der Waals surface area contributed by atoms with Crippen molar-refractivity contribution in [3.8, 4) is 0 Å². The minimum Gasteiger partial charge on any atom is -0.371 e. The molecule has 4 heteroatoms. The molecule has 0 aliphatic heterocycles. The van der Waals surface area contributed by atoms with E-state index >= 15 is 0 Å². The molecule has 0 aliphatic rings. The van der Waals surface area contributed by atoms with Crippen LogP contribution in [-0.2, 0) is 34.0 Å². The molecule has 0 spiro atoms. The SMILES string of the molecule is BrCC[C@@H](OCc1ccccc1)[C@H](OCc1ccccc1)[C@@H](/C=C/c1ccccc1)OCc1ccccc1. The van der Waals surface area contributed by atoms with Gasteiger partial charge in [0.15, 0.2) is 0 Å². The van der Waals surface area contributed by atoms with E-state index < -0.39 is 0 Å². The Morgan fingerprint density at radius 3 is 1.50 bits per heavy atom. The number of ether oxygens (including phenoxy) is 3. The highest BCUT2D eigenvalue weighted by atomic mass is 79.9. The molecule has 0 fully saturated rings. The fourth-order valence-electron chi connectivity index (χ4n) is 4.20. The van der Waals surface area contributed by atoms with E-state index in [-0.39, 0.29) is 18.3 Å². The summed E-state index contributed by atoms with van der Waals surface area (Å²) in [5.74, 6) is 0. The molecule has 0 amide bonds. The molecule has 0 aromatic heterocycles. The number of alkyl halides is 1. The lowest BCUT2D eigenvalue weighted by molar-refractivity contribution is -0.138. The smallest absolute Gasteiger partial charge is 0.114 e. The molecule has 38 heavy (non-hydrogen) atoms. The molecular weight excluding hydrogens is 536 g/mol. The number of rotatable bonds is 15. The van der Waals surface area contributed by atoms with Crippen LogP contribution in [0.25, 0.3) is 6.08 Å². The maximum atomic E-state index is 6.65. The third-order valence-electron chi connectivity index (χ3n) is 6.24. The van der Waals surface area contributed by atoms with E-state index in [9.17, 15) is 0 Å². The molecule has 0 N–H and O–H groups in total. The van der Waals surface area contributed by atoms with Gasteiger partial charge in [0.1, 0.15) is 12.2 Å². The second-order valence-corrected chi connectivity index (χ2v) is 9.90. The Morgan fingerprint density at radius 1 is 0.553 bits per heavy atom. The summed E-state index contributed by atoms with van der Waals surface area (Å²) in [5.41, 5.74) is 4.49. The van der Waals surface area contributed by atoms with E-state index in [0.717, 1.165) is 34.0 Å². The minimum absolute atomic E-state index is 0.181. The summed E-state index contributed by atoms with van der Waals surface area (Å²) >= 11 is 3.65. The van der Waals surface area contributed by atoms with Gasteiger partial charge in [-0.05, 0) is 28.7 Å². The van der Waals surface area contributed by atoms with Crippen LogP contribution in [0.4, 0.5) is 0 Å². The first-order valence-corrected chi connectivity index (χ1v) is 14.2. The molecule has 0 aliphatic carbocycles. The Bertz CT molecular complexity index is 1180. The number of benzene rings is 4. The van der Waals surface area contributed by atoms with Crippen molar-refractivity contribution in [1.29, 1.82) is 0 Å². The molecule has 3 atom stereocenters. The van der Waals surface area contributed by atoms with Gasteiger partial charge in [-0.1, -0.05) is 149 Å². The van der Waals surface area contributed by atoms with Gasteiger partial charge in [0.2, 0.25) is 0 Å². The van der Waals surface area contributed by atoms with Crippen molar-refractivity contribution in [1.82, 2.24) is 0 Å². The summed E-state index contributed by atoms with van der Waals surface area (Å²) in [6, 6.07) is 41.1. The lowest BCUT2D eigenvalue weighted by atomic mass is 10.0. The van der Waals surface area contributed by atoms with Gasteiger partial charge in [-0.3, -0.25) is 0 Å². The Kier molecular flexibility index (Phi) is 11.8. The first-order valence-electron chi connectivity index (χ1n) is 13.1. The molecule has 3 nitrogen and oxygen atoms in total. The van der Waals surface area contributed by atoms with Crippen LogP contribution in [0, 0.1) is 0 Å². The molecule has 4 aromatic carbocycles.